The molecule has 0 aliphatic carbocycles. The number of piperidine rings is 1. The maximum absolute atomic E-state index is 12.9. The summed E-state index contributed by atoms with van der Waals surface area (Å²) in [6.45, 7) is 3.88. The van der Waals surface area contributed by atoms with Gasteiger partial charge in [0.25, 0.3) is 5.91 Å². The molecule has 1 aromatic rings. The van der Waals surface area contributed by atoms with Crippen LogP contribution in [-0.4, -0.2) is 42.4 Å². The van der Waals surface area contributed by atoms with Crippen molar-refractivity contribution >= 4 is 29.9 Å². The summed E-state index contributed by atoms with van der Waals surface area (Å²) in [5.41, 5.74) is 3.04. The Morgan fingerprint density at radius 3 is 2.91 bits per heavy atom. The van der Waals surface area contributed by atoms with Gasteiger partial charge < -0.3 is 15.5 Å². The largest absolute Gasteiger partial charge is 0.385 e. The number of nitrogens with one attached hydrogen (secondary N) is 2. The van der Waals surface area contributed by atoms with Gasteiger partial charge in [-0.15, -0.1) is 12.4 Å². The van der Waals surface area contributed by atoms with Gasteiger partial charge in [0.1, 0.15) is 0 Å². The second-order valence-electron chi connectivity index (χ2n) is 6.15. The van der Waals surface area contributed by atoms with Gasteiger partial charge in [0.05, 0.1) is 0 Å². The lowest BCUT2D eigenvalue weighted by molar-refractivity contribution is -0.120. The van der Waals surface area contributed by atoms with E-state index in [4.69, 9.17) is 0 Å². The van der Waals surface area contributed by atoms with Gasteiger partial charge in [-0.1, -0.05) is 6.07 Å². The molecule has 2 aliphatic heterocycles. The summed E-state index contributed by atoms with van der Waals surface area (Å²) >= 11 is 0. The van der Waals surface area contributed by atoms with Crippen molar-refractivity contribution in [3.63, 3.8) is 0 Å². The van der Waals surface area contributed by atoms with Crippen molar-refractivity contribution < 1.29 is 9.59 Å². The van der Waals surface area contributed by atoms with Gasteiger partial charge in [0, 0.05) is 43.9 Å². The summed E-state index contributed by atoms with van der Waals surface area (Å²) in [6, 6.07) is 5.99. The summed E-state index contributed by atoms with van der Waals surface area (Å²) in [5, 5.41) is 6.30. The van der Waals surface area contributed by atoms with Crippen LogP contribution in [-0.2, 0) is 11.2 Å². The summed E-state index contributed by atoms with van der Waals surface area (Å²) < 4.78 is 0. The number of carbonyl (C=O) groups excluding carboxylic acids is 2. The smallest absolute Gasteiger partial charge is 0.254 e. The molecule has 1 saturated heterocycles. The topological polar surface area (TPSA) is 61.4 Å². The van der Waals surface area contributed by atoms with Crippen molar-refractivity contribution in [1.29, 1.82) is 0 Å². The number of amides is 2. The molecule has 0 radical (unpaired) electrons. The van der Waals surface area contributed by atoms with E-state index in [0.717, 1.165) is 55.6 Å². The molecule has 2 heterocycles. The van der Waals surface area contributed by atoms with Gasteiger partial charge in [-0.3, -0.25) is 9.59 Å². The predicted octanol–water partition coefficient (Wildman–Crippen LogP) is 2.21. The van der Waals surface area contributed by atoms with E-state index in [1.165, 1.54) is 6.92 Å². The number of carbonyl (C=O) groups is 2. The molecule has 1 aromatic carbocycles. The highest BCUT2D eigenvalue weighted by atomic mass is 35.5. The Bertz CT molecular complexity index is 591. The molecule has 3 rings (SSSR count). The Morgan fingerprint density at radius 1 is 1.30 bits per heavy atom. The summed E-state index contributed by atoms with van der Waals surface area (Å²) in [7, 11) is 0. The fourth-order valence-corrected chi connectivity index (χ4v) is 3.45. The molecular formula is C17H24ClN3O2. The van der Waals surface area contributed by atoms with Gasteiger partial charge in [-0.25, -0.2) is 0 Å². The number of benzene rings is 1. The average molecular weight is 338 g/mol. The zero-order valence-electron chi connectivity index (χ0n) is 13.4. The zero-order valence-corrected chi connectivity index (χ0v) is 14.2. The molecule has 2 N–H and O–H groups in total. The van der Waals surface area contributed by atoms with Crippen LogP contribution in [0.2, 0.25) is 0 Å². The minimum Gasteiger partial charge on any atom is -0.385 e. The molecule has 5 nitrogen and oxygen atoms in total. The molecule has 6 heteroatoms. The van der Waals surface area contributed by atoms with E-state index in [0.29, 0.717) is 6.54 Å². The van der Waals surface area contributed by atoms with Gasteiger partial charge in [-0.05, 0) is 43.4 Å². The van der Waals surface area contributed by atoms with E-state index in [9.17, 15) is 9.59 Å². The molecule has 126 valence electrons. The monoisotopic (exact) mass is 337 g/mol. The van der Waals surface area contributed by atoms with Crippen molar-refractivity contribution in [3.8, 4) is 0 Å². The van der Waals surface area contributed by atoms with E-state index < -0.39 is 0 Å². The van der Waals surface area contributed by atoms with E-state index in [-0.39, 0.29) is 30.3 Å². The van der Waals surface area contributed by atoms with Crippen molar-refractivity contribution in [2.45, 2.75) is 38.6 Å². The Morgan fingerprint density at radius 2 is 2.13 bits per heavy atom. The summed E-state index contributed by atoms with van der Waals surface area (Å²) in [6.07, 6.45) is 3.89. The molecule has 1 unspecified atom stereocenters. The van der Waals surface area contributed by atoms with Crippen LogP contribution in [0.4, 0.5) is 5.69 Å². The number of nitrogens with zero attached hydrogens (tertiary/aromatic N) is 1. The summed E-state index contributed by atoms with van der Waals surface area (Å²) in [5.74, 6) is 0.0659. The van der Waals surface area contributed by atoms with Crippen LogP contribution in [0.1, 0.15) is 42.1 Å². The van der Waals surface area contributed by atoms with Crippen LogP contribution >= 0.6 is 12.4 Å². The van der Waals surface area contributed by atoms with Crippen LogP contribution in [0.15, 0.2) is 18.2 Å². The zero-order chi connectivity index (χ0) is 15.5. The molecule has 0 spiro atoms. The van der Waals surface area contributed by atoms with E-state index in [1.807, 2.05) is 23.1 Å². The first-order chi connectivity index (χ1) is 10.6. The van der Waals surface area contributed by atoms with E-state index in [1.54, 1.807) is 0 Å². The molecule has 1 atom stereocenters. The first-order valence-electron chi connectivity index (χ1n) is 8.07. The highest BCUT2D eigenvalue weighted by Gasteiger charge is 2.27. The Kier molecular flexibility index (Phi) is 5.88. The number of fused-ring (bicyclic) bond motifs is 1. The van der Waals surface area contributed by atoms with E-state index in [2.05, 4.69) is 10.6 Å². The maximum atomic E-state index is 12.9. The quantitative estimate of drug-likeness (QED) is 0.869. The third-order valence-corrected chi connectivity index (χ3v) is 4.44. The second kappa shape index (κ2) is 7.68. The third kappa shape index (κ3) is 3.96. The SMILES string of the molecule is CC(=O)NC1CCCN(C(=O)c2cccc3c2CCCN3)C1.Cl. The van der Waals surface area contributed by atoms with Crippen LogP contribution < -0.4 is 10.6 Å². The van der Waals surface area contributed by atoms with Crippen molar-refractivity contribution in [1.82, 2.24) is 10.2 Å². The highest BCUT2D eigenvalue weighted by molar-refractivity contribution is 5.97. The van der Waals surface area contributed by atoms with Crippen LogP contribution in [0.25, 0.3) is 0 Å². The molecule has 2 aliphatic rings. The fraction of sp³-hybridized carbons (Fsp3) is 0.529. The first kappa shape index (κ1) is 17.6. The minimum atomic E-state index is -0.0272. The van der Waals surface area contributed by atoms with Crippen LogP contribution in [0.5, 0.6) is 0 Å². The number of halogens is 1. The van der Waals surface area contributed by atoms with Crippen molar-refractivity contribution in [2.75, 3.05) is 25.0 Å². The first-order valence-corrected chi connectivity index (χ1v) is 8.07. The standard InChI is InChI=1S/C17H23N3O2.ClH/c1-12(21)19-13-5-4-10-20(11-13)17(22)15-6-2-8-16-14(15)7-3-9-18-16;/h2,6,8,13,18H,3-5,7,9-11H2,1H3,(H,19,21);1H. The molecule has 0 saturated carbocycles. The number of anilines is 1. The lowest BCUT2D eigenvalue weighted by Gasteiger charge is -2.34. The normalized spacial score (nSPS) is 19.9. The Balaban J connectivity index is 0.00000192. The number of rotatable bonds is 2. The lowest BCUT2D eigenvalue weighted by Crippen LogP contribution is -2.49. The van der Waals surface area contributed by atoms with Crippen LogP contribution in [0, 0.1) is 0 Å². The maximum Gasteiger partial charge on any atom is 0.254 e. The van der Waals surface area contributed by atoms with Gasteiger partial charge in [0.2, 0.25) is 5.91 Å². The Hall–Kier alpha value is -1.75. The number of likely N-dealkylation sites (tertiary alicyclic amines) is 1. The molecule has 2 amide bonds. The van der Waals surface area contributed by atoms with E-state index >= 15 is 0 Å². The predicted molar refractivity (Wildman–Crippen MR) is 93.2 cm³/mol. The van der Waals surface area contributed by atoms with Crippen molar-refractivity contribution in [3.05, 3.63) is 29.3 Å². The second-order valence-corrected chi connectivity index (χ2v) is 6.15. The highest BCUT2D eigenvalue weighted by Crippen LogP contribution is 2.27. The Labute approximate surface area is 143 Å². The molecule has 1 fully saturated rings. The van der Waals surface area contributed by atoms with Crippen LogP contribution in [0.3, 0.4) is 0 Å². The minimum absolute atomic E-state index is 0. The lowest BCUT2D eigenvalue weighted by atomic mass is 9.96. The fourth-order valence-electron chi connectivity index (χ4n) is 3.45. The van der Waals surface area contributed by atoms with Gasteiger partial charge in [0.15, 0.2) is 0 Å². The average Bonchev–Trinajstić information content (AvgIpc) is 2.53. The number of hydrogen-bond donors (Lipinski definition) is 2. The number of hydrogen-bond acceptors (Lipinski definition) is 3. The summed E-state index contributed by atoms with van der Waals surface area (Å²) in [4.78, 5) is 26.0. The van der Waals surface area contributed by atoms with Gasteiger partial charge in [-0.2, -0.15) is 0 Å². The molecular weight excluding hydrogens is 314 g/mol. The van der Waals surface area contributed by atoms with Gasteiger partial charge >= 0.3 is 0 Å². The third-order valence-electron chi connectivity index (χ3n) is 4.44. The molecule has 0 bridgehead atoms. The van der Waals surface area contributed by atoms with Crippen molar-refractivity contribution in [2.24, 2.45) is 0 Å². The molecule has 23 heavy (non-hydrogen) atoms. The molecule has 0 aromatic heterocycles.